The number of aliphatic hydroxyl groups is 1. The quantitative estimate of drug-likeness (QED) is 0.558. The lowest BCUT2D eigenvalue weighted by molar-refractivity contribution is 0.281. The predicted octanol–water partition coefficient (Wildman–Crippen LogP) is 4.00. The molecule has 0 rings (SSSR count). The third-order valence-corrected chi connectivity index (χ3v) is 2.84. The van der Waals surface area contributed by atoms with Crippen molar-refractivity contribution < 1.29 is 5.11 Å². The number of aliphatic hydroxyl groups excluding tert-OH is 1. The first-order chi connectivity index (χ1) is 6.66. The molecule has 0 saturated carbocycles. The maximum atomic E-state index is 8.62. The summed E-state index contributed by atoms with van der Waals surface area (Å²) in [7, 11) is 0. The van der Waals surface area contributed by atoms with Crippen molar-refractivity contribution in [1.82, 2.24) is 0 Å². The first kappa shape index (κ1) is 14.0. The van der Waals surface area contributed by atoms with Crippen LogP contribution in [-0.4, -0.2) is 11.7 Å². The molecule has 0 amide bonds. The number of hydrogen-bond acceptors (Lipinski definition) is 1. The van der Waals surface area contributed by atoms with E-state index in [9.17, 15) is 0 Å². The average molecular weight is 200 g/mol. The molecule has 0 heterocycles. The highest BCUT2D eigenvalue weighted by atomic mass is 16.2. The van der Waals surface area contributed by atoms with Gasteiger partial charge in [-0.25, -0.2) is 0 Å². The molecule has 0 saturated heterocycles. The van der Waals surface area contributed by atoms with E-state index in [-0.39, 0.29) is 0 Å². The zero-order valence-corrected chi connectivity index (χ0v) is 10.3. The van der Waals surface area contributed by atoms with Crippen LogP contribution in [0.2, 0.25) is 0 Å². The van der Waals surface area contributed by atoms with Crippen molar-refractivity contribution in [2.75, 3.05) is 6.61 Å². The Morgan fingerprint density at radius 2 is 1.43 bits per heavy atom. The predicted molar refractivity (Wildman–Crippen MR) is 63.4 cm³/mol. The van der Waals surface area contributed by atoms with Crippen molar-refractivity contribution in [3.8, 4) is 0 Å². The summed E-state index contributed by atoms with van der Waals surface area (Å²) < 4.78 is 0. The molecule has 1 unspecified atom stereocenters. The Kier molecular flexibility index (Phi) is 9.49. The van der Waals surface area contributed by atoms with E-state index in [4.69, 9.17) is 5.11 Å². The standard InChI is InChI=1S/C13H28O/c1-12(2)9-10-13(3)8-6-4-5-7-11-14/h12-14H,4-11H2,1-3H3. The van der Waals surface area contributed by atoms with Crippen LogP contribution in [0.4, 0.5) is 0 Å². The van der Waals surface area contributed by atoms with Gasteiger partial charge in [0, 0.05) is 6.61 Å². The van der Waals surface area contributed by atoms with Crippen LogP contribution in [0.3, 0.4) is 0 Å². The SMILES string of the molecule is CC(C)CCC(C)CCCCCCO. The minimum absolute atomic E-state index is 0.364. The van der Waals surface area contributed by atoms with Gasteiger partial charge >= 0.3 is 0 Å². The molecular weight excluding hydrogens is 172 g/mol. The van der Waals surface area contributed by atoms with E-state index in [1.807, 2.05) is 0 Å². The Bertz CT molecular complexity index is 110. The minimum atomic E-state index is 0.364. The van der Waals surface area contributed by atoms with Crippen LogP contribution in [0.5, 0.6) is 0 Å². The summed E-state index contributed by atoms with van der Waals surface area (Å²) in [6.45, 7) is 7.33. The Morgan fingerprint density at radius 3 is 2.00 bits per heavy atom. The Labute approximate surface area is 89.9 Å². The van der Waals surface area contributed by atoms with Crippen molar-refractivity contribution in [3.63, 3.8) is 0 Å². The molecule has 1 atom stereocenters. The van der Waals surface area contributed by atoms with Gasteiger partial charge in [0.2, 0.25) is 0 Å². The summed E-state index contributed by atoms with van der Waals surface area (Å²) in [5.74, 6) is 1.75. The van der Waals surface area contributed by atoms with E-state index in [2.05, 4.69) is 20.8 Å². The molecule has 0 radical (unpaired) electrons. The fourth-order valence-electron chi connectivity index (χ4n) is 1.72. The van der Waals surface area contributed by atoms with Crippen LogP contribution >= 0.6 is 0 Å². The second kappa shape index (κ2) is 9.51. The number of unbranched alkanes of at least 4 members (excludes halogenated alkanes) is 3. The lowest BCUT2D eigenvalue weighted by Gasteiger charge is -2.12. The van der Waals surface area contributed by atoms with Gasteiger partial charge in [0.1, 0.15) is 0 Å². The monoisotopic (exact) mass is 200 g/mol. The van der Waals surface area contributed by atoms with Crippen molar-refractivity contribution in [1.29, 1.82) is 0 Å². The van der Waals surface area contributed by atoms with Gasteiger partial charge in [-0.05, 0) is 18.3 Å². The second-order valence-electron chi connectivity index (χ2n) is 5.00. The second-order valence-corrected chi connectivity index (χ2v) is 5.00. The molecular formula is C13H28O. The molecule has 0 aliphatic heterocycles. The maximum Gasteiger partial charge on any atom is 0.0431 e. The Balaban J connectivity index is 3.14. The maximum absolute atomic E-state index is 8.62. The van der Waals surface area contributed by atoms with E-state index in [1.165, 1.54) is 38.5 Å². The molecule has 0 aliphatic rings. The van der Waals surface area contributed by atoms with E-state index >= 15 is 0 Å². The fourth-order valence-corrected chi connectivity index (χ4v) is 1.72. The van der Waals surface area contributed by atoms with Gasteiger partial charge < -0.3 is 5.11 Å². The van der Waals surface area contributed by atoms with Gasteiger partial charge in [-0.3, -0.25) is 0 Å². The lowest BCUT2D eigenvalue weighted by atomic mass is 9.94. The summed E-state index contributed by atoms with van der Waals surface area (Å²) >= 11 is 0. The van der Waals surface area contributed by atoms with Crippen LogP contribution < -0.4 is 0 Å². The van der Waals surface area contributed by atoms with Crippen molar-refractivity contribution in [2.45, 2.75) is 65.7 Å². The van der Waals surface area contributed by atoms with Crippen LogP contribution in [0.25, 0.3) is 0 Å². The number of hydrogen-bond donors (Lipinski definition) is 1. The van der Waals surface area contributed by atoms with E-state index in [0.29, 0.717) is 6.61 Å². The topological polar surface area (TPSA) is 20.2 Å². The highest BCUT2D eigenvalue weighted by molar-refractivity contribution is 4.56. The molecule has 1 nitrogen and oxygen atoms in total. The highest BCUT2D eigenvalue weighted by Gasteiger charge is 2.03. The highest BCUT2D eigenvalue weighted by Crippen LogP contribution is 2.17. The molecule has 0 aromatic rings. The van der Waals surface area contributed by atoms with Crippen LogP contribution in [0, 0.1) is 11.8 Å². The summed E-state index contributed by atoms with van der Waals surface area (Å²) in [6, 6.07) is 0. The zero-order valence-electron chi connectivity index (χ0n) is 10.3. The largest absolute Gasteiger partial charge is 0.396 e. The molecule has 0 aromatic heterocycles. The minimum Gasteiger partial charge on any atom is -0.396 e. The van der Waals surface area contributed by atoms with Crippen molar-refractivity contribution in [3.05, 3.63) is 0 Å². The van der Waals surface area contributed by atoms with Gasteiger partial charge in [0.15, 0.2) is 0 Å². The molecule has 0 bridgehead atoms. The van der Waals surface area contributed by atoms with Gasteiger partial charge in [0.05, 0.1) is 0 Å². The summed E-state index contributed by atoms with van der Waals surface area (Å²) in [5, 5.41) is 8.62. The molecule has 0 spiro atoms. The normalized spacial score (nSPS) is 13.5. The molecule has 0 aromatic carbocycles. The van der Waals surface area contributed by atoms with Gasteiger partial charge in [-0.1, -0.05) is 59.3 Å². The first-order valence-electron chi connectivity index (χ1n) is 6.27. The van der Waals surface area contributed by atoms with Gasteiger partial charge in [0.25, 0.3) is 0 Å². The van der Waals surface area contributed by atoms with Crippen LogP contribution in [-0.2, 0) is 0 Å². The van der Waals surface area contributed by atoms with Crippen molar-refractivity contribution >= 4 is 0 Å². The average Bonchev–Trinajstić information content (AvgIpc) is 2.14. The molecule has 14 heavy (non-hydrogen) atoms. The van der Waals surface area contributed by atoms with Crippen LogP contribution in [0.15, 0.2) is 0 Å². The molecule has 0 fully saturated rings. The van der Waals surface area contributed by atoms with E-state index < -0.39 is 0 Å². The Hall–Kier alpha value is -0.0400. The van der Waals surface area contributed by atoms with E-state index in [0.717, 1.165) is 18.3 Å². The van der Waals surface area contributed by atoms with E-state index in [1.54, 1.807) is 0 Å². The summed E-state index contributed by atoms with van der Waals surface area (Å²) in [5.41, 5.74) is 0. The fraction of sp³-hybridized carbons (Fsp3) is 1.00. The summed E-state index contributed by atoms with van der Waals surface area (Å²) in [4.78, 5) is 0. The van der Waals surface area contributed by atoms with Crippen LogP contribution in [0.1, 0.15) is 65.7 Å². The smallest absolute Gasteiger partial charge is 0.0431 e. The van der Waals surface area contributed by atoms with Gasteiger partial charge in [-0.2, -0.15) is 0 Å². The third-order valence-electron chi connectivity index (χ3n) is 2.84. The molecule has 0 aliphatic carbocycles. The lowest BCUT2D eigenvalue weighted by Crippen LogP contribution is -1.98. The van der Waals surface area contributed by atoms with Crippen molar-refractivity contribution in [2.24, 2.45) is 11.8 Å². The van der Waals surface area contributed by atoms with Gasteiger partial charge in [-0.15, -0.1) is 0 Å². The molecule has 86 valence electrons. The Morgan fingerprint density at radius 1 is 0.786 bits per heavy atom. The summed E-state index contributed by atoms with van der Waals surface area (Å²) in [6.07, 6.45) is 8.97. The number of rotatable bonds is 9. The first-order valence-corrected chi connectivity index (χ1v) is 6.27. The third kappa shape index (κ3) is 10.0. The molecule has 1 N–H and O–H groups in total. The zero-order chi connectivity index (χ0) is 10.8. The molecule has 1 heteroatoms.